The number of piperazine rings is 1. The molecule has 1 aliphatic rings. The highest BCUT2D eigenvalue weighted by Gasteiger charge is 2.18. The van der Waals surface area contributed by atoms with E-state index in [9.17, 15) is 4.79 Å². The molecule has 5 heteroatoms. The molecule has 0 saturated carbocycles. The van der Waals surface area contributed by atoms with Gasteiger partial charge in [0.05, 0.1) is 12.1 Å². The standard InChI is InChI=1S/C17H23N3O2/c1-18-16-5-3-2-4-14(16)12-15(17(18)22)13-20-8-6-19(7-9-20)10-11-21/h2-5,12,21H,6-11,13H2,1H3. The molecule has 22 heavy (non-hydrogen) atoms. The molecule has 1 aliphatic heterocycles. The molecular formula is C17H23N3O2. The molecule has 0 spiro atoms. The Morgan fingerprint density at radius 1 is 1.09 bits per heavy atom. The van der Waals surface area contributed by atoms with E-state index in [2.05, 4.69) is 15.9 Å². The van der Waals surface area contributed by atoms with Crippen molar-refractivity contribution in [3.05, 3.63) is 46.2 Å². The number of β-amino-alcohol motifs (C(OH)–C–C–N with tert-alkyl or cyclic N) is 1. The molecule has 0 aliphatic carbocycles. The van der Waals surface area contributed by atoms with Crippen LogP contribution in [0.25, 0.3) is 10.9 Å². The molecule has 1 saturated heterocycles. The van der Waals surface area contributed by atoms with Crippen LogP contribution in [0.3, 0.4) is 0 Å². The van der Waals surface area contributed by atoms with E-state index >= 15 is 0 Å². The molecule has 118 valence electrons. The highest BCUT2D eigenvalue weighted by atomic mass is 16.3. The second kappa shape index (κ2) is 6.60. The fraction of sp³-hybridized carbons (Fsp3) is 0.471. The number of benzene rings is 1. The fourth-order valence-electron chi connectivity index (χ4n) is 3.16. The zero-order chi connectivity index (χ0) is 15.5. The lowest BCUT2D eigenvalue weighted by Crippen LogP contribution is -2.47. The highest BCUT2D eigenvalue weighted by molar-refractivity contribution is 5.79. The average Bonchev–Trinajstić information content (AvgIpc) is 2.54. The molecule has 2 heterocycles. The number of aromatic nitrogens is 1. The van der Waals surface area contributed by atoms with E-state index in [4.69, 9.17) is 5.11 Å². The third-order valence-corrected chi connectivity index (χ3v) is 4.48. The fourth-order valence-corrected chi connectivity index (χ4v) is 3.16. The minimum atomic E-state index is 0.0940. The molecule has 0 radical (unpaired) electrons. The van der Waals surface area contributed by atoms with Crippen LogP contribution < -0.4 is 5.56 Å². The van der Waals surface area contributed by atoms with Crippen LogP contribution in [0.4, 0.5) is 0 Å². The second-order valence-electron chi connectivity index (χ2n) is 5.93. The van der Waals surface area contributed by atoms with Crippen molar-refractivity contribution >= 4 is 10.9 Å². The number of para-hydroxylation sites is 1. The first-order valence-electron chi connectivity index (χ1n) is 7.82. The predicted octanol–water partition coefficient (Wildman–Crippen LogP) is 0.648. The van der Waals surface area contributed by atoms with Crippen molar-refractivity contribution in [3.63, 3.8) is 0 Å². The Morgan fingerprint density at radius 2 is 1.77 bits per heavy atom. The Bertz CT molecular complexity index is 703. The van der Waals surface area contributed by atoms with Gasteiger partial charge in [-0.2, -0.15) is 0 Å². The number of aliphatic hydroxyl groups is 1. The molecule has 2 aromatic rings. The summed E-state index contributed by atoms with van der Waals surface area (Å²) >= 11 is 0. The summed E-state index contributed by atoms with van der Waals surface area (Å²) in [6, 6.07) is 10.0. The first-order chi connectivity index (χ1) is 10.7. The smallest absolute Gasteiger partial charge is 0.255 e. The maximum Gasteiger partial charge on any atom is 0.255 e. The zero-order valence-corrected chi connectivity index (χ0v) is 13.0. The molecule has 1 fully saturated rings. The van der Waals surface area contributed by atoms with Gasteiger partial charge in [-0.3, -0.25) is 14.6 Å². The van der Waals surface area contributed by atoms with E-state index in [0.717, 1.165) is 49.2 Å². The predicted molar refractivity (Wildman–Crippen MR) is 88.0 cm³/mol. The van der Waals surface area contributed by atoms with Crippen molar-refractivity contribution in [2.24, 2.45) is 7.05 Å². The van der Waals surface area contributed by atoms with Crippen LogP contribution >= 0.6 is 0 Å². The van der Waals surface area contributed by atoms with Gasteiger partial charge in [0.1, 0.15) is 0 Å². The Balaban J connectivity index is 1.77. The monoisotopic (exact) mass is 301 g/mol. The number of hydrogen-bond donors (Lipinski definition) is 1. The van der Waals surface area contributed by atoms with Gasteiger partial charge in [-0.1, -0.05) is 18.2 Å². The minimum absolute atomic E-state index is 0.0940. The summed E-state index contributed by atoms with van der Waals surface area (Å²) in [5, 5.41) is 10.1. The van der Waals surface area contributed by atoms with Crippen LogP contribution in [0, 0.1) is 0 Å². The van der Waals surface area contributed by atoms with Gasteiger partial charge >= 0.3 is 0 Å². The van der Waals surface area contributed by atoms with Gasteiger partial charge in [-0.05, 0) is 17.5 Å². The molecule has 1 aromatic heterocycles. The Labute approximate surface area is 130 Å². The largest absolute Gasteiger partial charge is 0.395 e. The van der Waals surface area contributed by atoms with Crippen molar-refractivity contribution in [2.45, 2.75) is 6.54 Å². The van der Waals surface area contributed by atoms with E-state index in [0.29, 0.717) is 6.54 Å². The van der Waals surface area contributed by atoms with Crippen LogP contribution in [0.1, 0.15) is 5.56 Å². The Morgan fingerprint density at radius 3 is 2.50 bits per heavy atom. The van der Waals surface area contributed by atoms with Crippen LogP contribution in [-0.2, 0) is 13.6 Å². The summed E-state index contributed by atoms with van der Waals surface area (Å²) in [6.07, 6.45) is 0. The molecule has 1 N–H and O–H groups in total. The summed E-state index contributed by atoms with van der Waals surface area (Å²) in [6.45, 7) is 5.44. The minimum Gasteiger partial charge on any atom is -0.395 e. The topological polar surface area (TPSA) is 48.7 Å². The first kappa shape index (κ1) is 15.2. The molecule has 5 nitrogen and oxygen atoms in total. The van der Waals surface area contributed by atoms with E-state index in [1.54, 1.807) is 4.57 Å². The van der Waals surface area contributed by atoms with Crippen molar-refractivity contribution in [1.82, 2.24) is 14.4 Å². The number of aliphatic hydroxyl groups excluding tert-OH is 1. The van der Waals surface area contributed by atoms with Gasteiger partial charge in [0.25, 0.3) is 5.56 Å². The Hall–Kier alpha value is -1.69. The van der Waals surface area contributed by atoms with Crippen LogP contribution in [-0.4, -0.2) is 58.8 Å². The van der Waals surface area contributed by atoms with Gasteiger partial charge in [-0.25, -0.2) is 0 Å². The van der Waals surface area contributed by atoms with E-state index in [1.165, 1.54) is 0 Å². The van der Waals surface area contributed by atoms with Gasteiger partial charge in [0.15, 0.2) is 0 Å². The third-order valence-electron chi connectivity index (χ3n) is 4.48. The quantitative estimate of drug-likeness (QED) is 0.901. The van der Waals surface area contributed by atoms with Gasteiger partial charge < -0.3 is 9.67 Å². The Kier molecular flexibility index (Phi) is 4.57. The first-order valence-corrected chi connectivity index (χ1v) is 7.82. The lowest BCUT2D eigenvalue weighted by atomic mass is 10.1. The molecule has 0 amide bonds. The molecule has 0 bridgehead atoms. The molecule has 1 aromatic carbocycles. The SMILES string of the molecule is Cn1c(=O)c(CN2CCN(CCO)CC2)cc2ccccc21. The lowest BCUT2D eigenvalue weighted by Gasteiger charge is -2.34. The lowest BCUT2D eigenvalue weighted by molar-refractivity contribution is 0.108. The zero-order valence-electron chi connectivity index (χ0n) is 13.0. The van der Waals surface area contributed by atoms with Crippen LogP contribution in [0.15, 0.2) is 35.1 Å². The van der Waals surface area contributed by atoms with Crippen molar-refractivity contribution in [2.75, 3.05) is 39.3 Å². The molecule has 0 unspecified atom stereocenters. The van der Waals surface area contributed by atoms with E-state index < -0.39 is 0 Å². The summed E-state index contributed by atoms with van der Waals surface area (Å²) in [4.78, 5) is 17.1. The summed E-state index contributed by atoms with van der Waals surface area (Å²) in [5.41, 5.74) is 1.93. The molecule has 3 rings (SSSR count). The van der Waals surface area contributed by atoms with Gasteiger partial charge in [0.2, 0.25) is 0 Å². The second-order valence-corrected chi connectivity index (χ2v) is 5.93. The van der Waals surface area contributed by atoms with Crippen molar-refractivity contribution < 1.29 is 5.11 Å². The number of hydrogen-bond acceptors (Lipinski definition) is 4. The average molecular weight is 301 g/mol. The summed E-state index contributed by atoms with van der Waals surface area (Å²) in [5.74, 6) is 0. The number of fused-ring (bicyclic) bond motifs is 1. The summed E-state index contributed by atoms with van der Waals surface area (Å²) < 4.78 is 1.74. The van der Waals surface area contributed by atoms with Gasteiger partial charge in [-0.15, -0.1) is 0 Å². The maximum atomic E-state index is 12.5. The third kappa shape index (κ3) is 3.06. The van der Waals surface area contributed by atoms with Crippen molar-refractivity contribution in [3.8, 4) is 0 Å². The number of aryl methyl sites for hydroxylation is 1. The number of pyridine rings is 1. The summed E-state index contributed by atoms with van der Waals surface area (Å²) in [7, 11) is 1.84. The number of rotatable bonds is 4. The highest BCUT2D eigenvalue weighted by Crippen LogP contribution is 2.14. The molecule has 0 atom stereocenters. The normalized spacial score (nSPS) is 17.2. The van der Waals surface area contributed by atoms with Crippen molar-refractivity contribution in [1.29, 1.82) is 0 Å². The van der Waals surface area contributed by atoms with Crippen LogP contribution in [0.2, 0.25) is 0 Å². The maximum absolute atomic E-state index is 12.5. The van der Waals surface area contributed by atoms with E-state index in [-0.39, 0.29) is 12.2 Å². The van der Waals surface area contributed by atoms with E-state index in [1.807, 2.05) is 31.3 Å². The molecular weight excluding hydrogens is 278 g/mol. The van der Waals surface area contributed by atoms with Gasteiger partial charge in [0, 0.05) is 51.9 Å². The van der Waals surface area contributed by atoms with Crippen LogP contribution in [0.5, 0.6) is 0 Å². The number of nitrogens with zero attached hydrogens (tertiary/aromatic N) is 3.